The third-order valence-electron chi connectivity index (χ3n) is 2.90. The highest BCUT2D eigenvalue weighted by atomic mass is 32.1. The second-order valence-corrected chi connectivity index (χ2v) is 5.69. The van der Waals surface area contributed by atoms with Crippen LogP contribution in [0.15, 0.2) is 12.3 Å². The average Bonchev–Trinajstić information content (AvgIpc) is 2.88. The molecule has 0 amide bonds. The molecule has 2 aromatic heterocycles. The lowest BCUT2D eigenvalue weighted by atomic mass is 10.4. The number of hydrogen-bond donors (Lipinski definition) is 1. The molecule has 0 aliphatic heterocycles. The predicted molar refractivity (Wildman–Crippen MR) is 74.9 cm³/mol. The highest BCUT2D eigenvalue weighted by molar-refractivity contribution is 7.11. The Morgan fingerprint density at radius 1 is 1.39 bits per heavy atom. The average molecular weight is 264 g/mol. The van der Waals surface area contributed by atoms with Crippen molar-refractivity contribution in [2.75, 3.05) is 6.54 Å². The monoisotopic (exact) mass is 264 g/mol. The molecule has 0 atom stereocenters. The van der Waals surface area contributed by atoms with Crippen molar-refractivity contribution in [3.8, 4) is 0 Å². The lowest BCUT2D eigenvalue weighted by Gasteiger charge is -2.06. The van der Waals surface area contributed by atoms with Gasteiger partial charge in [-0.15, -0.1) is 11.3 Å². The summed E-state index contributed by atoms with van der Waals surface area (Å²) in [5.74, 6) is 0. The molecule has 0 saturated carbocycles. The standard InChI is InChI=1S/C13H20N4S/c1-4-6-14-8-12-5-7-15-17(12)9-13-16-10(2)11(3)18-13/h5,7,14H,4,6,8-9H2,1-3H3. The van der Waals surface area contributed by atoms with E-state index in [1.807, 2.05) is 10.9 Å². The molecule has 0 saturated heterocycles. The van der Waals surface area contributed by atoms with E-state index in [0.29, 0.717) is 0 Å². The fourth-order valence-electron chi connectivity index (χ4n) is 1.78. The van der Waals surface area contributed by atoms with Gasteiger partial charge in [-0.3, -0.25) is 4.68 Å². The number of rotatable bonds is 6. The Morgan fingerprint density at radius 3 is 2.89 bits per heavy atom. The van der Waals surface area contributed by atoms with Crippen molar-refractivity contribution in [3.05, 3.63) is 33.5 Å². The van der Waals surface area contributed by atoms with Gasteiger partial charge in [0.1, 0.15) is 5.01 Å². The second kappa shape index (κ2) is 6.11. The molecule has 2 heterocycles. The van der Waals surface area contributed by atoms with Crippen LogP contribution in [0.2, 0.25) is 0 Å². The first kappa shape index (κ1) is 13.2. The van der Waals surface area contributed by atoms with Crippen LogP contribution in [-0.4, -0.2) is 21.3 Å². The van der Waals surface area contributed by atoms with E-state index in [9.17, 15) is 0 Å². The van der Waals surface area contributed by atoms with Crippen molar-refractivity contribution >= 4 is 11.3 Å². The Kier molecular flexibility index (Phi) is 4.49. The van der Waals surface area contributed by atoms with Crippen LogP contribution in [0, 0.1) is 13.8 Å². The predicted octanol–water partition coefficient (Wildman–Crippen LogP) is 2.50. The van der Waals surface area contributed by atoms with Gasteiger partial charge in [0, 0.05) is 17.6 Å². The van der Waals surface area contributed by atoms with Crippen molar-refractivity contribution < 1.29 is 0 Å². The maximum Gasteiger partial charge on any atom is 0.115 e. The van der Waals surface area contributed by atoms with E-state index >= 15 is 0 Å². The quantitative estimate of drug-likeness (QED) is 0.815. The van der Waals surface area contributed by atoms with Gasteiger partial charge in [0.15, 0.2) is 0 Å². The van der Waals surface area contributed by atoms with Gasteiger partial charge in [-0.05, 0) is 32.9 Å². The highest BCUT2D eigenvalue weighted by Gasteiger charge is 2.07. The van der Waals surface area contributed by atoms with Crippen molar-refractivity contribution in [1.29, 1.82) is 0 Å². The molecule has 0 aliphatic rings. The Morgan fingerprint density at radius 2 is 2.22 bits per heavy atom. The Labute approximate surface area is 112 Å². The van der Waals surface area contributed by atoms with Crippen molar-refractivity contribution in [1.82, 2.24) is 20.1 Å². The maximum atomic E-state index is 4.56. The van der Waals surface area contributed by atoms with Gasteiger partial charge in [-0.2, -0.15) is 5.10 Å². The van der Waals surface area contributed by atoms with E-state index in [4.69, 9.17) is 0 Å². The summed E-state index contributed by atoms with van der Waals surface area (Å²) >= 11 is 1.76. The zero-order chi connectivity index (χ0) is 13.0. The molecule has 4 nitrogen and oxygen atoms in total. The third-order valence-corrected chi connectivity index (χ3v) is 3.95. The Hall–Kier alpha value is -1.20. The summed E-state index contributed by atoms with van der Waals surface area (Å²) in [7, 11) is 0. The molecule has 98 valence electrons. The van der Waals surface area contributed by atoms with Crippen molar-refractivity contribution in [2.24, 2.45) is 0 Å². The van der Waals surface area contributed by atoms with E-state index in [2.05, 4.69) is 42.2 Å². The molecule has 0 spiro atoms. The van der Waals surface area contributed by atoms with E-state index in [1.54, 1.807) is 11.3 Å². The van der Waals surface area contributed by atoms with Crippen molar-refractivity contribution in [3.63, 3.8) is 0 Å². The minimum Gasteiger partial charge on any atom is -0.311 e. The highest BCUT2D eigenvalue weighted by Crippen LogP contribution is 2.17. The first-order valence-corrected chi connectivity index (χ1v) is 7.16. The first-order valence-electron chi connectivity index (χ1n) is 6.35. The summed E-state index contributed by atoms with van der Waals surface area (Å²) in [6.45, 7) is 9.03. The van der Waals surface area contributed by atoms with Crippen LogP contribution in [0.3, 0.4) is 0 Å². The summed E-state index contributed by atoms with van der Waals surface area (Å²) in [5, 5.41) is 8.90. The van der Waals surface area contributed by atoms with E-state index < -0.39 is 0 Å². The summed E-state index contributed by atoms with van der Waals surface area (Å²) in [4.78, 5) is 5.85. The molecular formula is C13H20N4S. The van der Waals surface area contributed by atoms with E-state index in [-0.39, 0.29) is 0 Å². The van der Waals surface area contributed by atoms with Crippen molar-refractivity contribution in [2.45, 2.75) is 40.3 Å². The minimum atomic E-state index is 0.773. The van der Waals surface area contributed by atoms with Crippen LogP contribution in [0.25, 0.3) is 0 Å². The van der Waals surface area contributed by atoms with Gasteiger partial charge in [0.25, 0.3) is 0 Å². The number of aryl methyl sites for hydroxylation is 2. The number of nitrogens with one attached hydrogen (secondary N) is 1. The Balaban J connectivity index is 2.02. The summed E-state index contributed by atoms with van der Waals surface area (Å²) in [6.07, 6.45) is 3.01. The number of nitrogens with zero attached hydrogens (tertiary/aromatic N) is 3. The smallest absolute Gasteiger partial charge is 0.115 e. The van der Waals surface area contributed by atoms with Gasteiger partial charge in [-0.25, -0.2) is 4.98 Å². The molecule has 0 bridgehead atoms. The van der Waals surface area contributed by atoms with Crippen LogP contribution in [0.1, 0.15) is 34.6 Å². The van der Waals surface area contributed by atoms with Gasteiger partial charge in [-0.1, -0.05) is 6.92 Å². The first-order chi connectivity index (χ1) is 8.70. The topological polar surface area (TPSA) is 42.7 Å². The number of aromatic nitrogens is 3. The van der Waals surface area contributed by atoms with Gasteiger partial charge < -0.3 is 5.32 Å². The van der Waals surface area contributed by atoms with Gasteiger partial charge in [0.05, 0.1) is 17.9 Å². The fourth-order valence-corrected chi connectivity index (χ4v) is 2.70. The molecule has 0 aliphatic carbocycles. The second-order valence-electron chi connectivity index (χ2n) is 4.41. The summed E-state index contributed by atoms with van der Waals surface area (Å²) < 4.78 is 2.03. The molecule has 1 N–H and O–H groups in total. The maximum absolute atomic E-state index is 4.56. The minimum absolute atomic E-state index is 0.773. The van der Waals surface area contributed by atoms with Crippen LogP contribution in [0.5, 0.6) is 0 Å². The van der Waals surface area contributed by atoms with Crippen LogP contribution < -0.4 is 5.32 Å². The molecule has 0 unspecified atom stereocenters. The third kappa shape index (κ3) is 3.17. The molecule has 2 aromatic rings. The largest absolute Gasteiger partial charge is 0.311 e. The molecule has 18 heavy (non-hydrogen) atoms. The molecule has 5 heteroatoms. The number of hydrogen-bond acceptors (Lipinski definition) is 4. The van der Waals surface area contributed by atoms with E-state index in [1.165, 1.54) is 10.6 Å². The van der Waals surface area contributed by atoms with Gasteiger partial charge in [0.2, 0.25) is 0 Å². The normalized spacial score (nSPS) is 11.1. The van der Waals surface area contributed by atoms with Crippen LogP contribution in [-0.2, 0) is 13.1 Å². The fraction of sp³-hybridized carbons (Fsp3) is 0.538. The molecule has 0 radical (unpaired) electrons. The van der Waals surface area contributed by atoms with Crippen LogP contribution in [0.4, 0.5) is 0 Å². The van der Waals surface area contributed by atoms with Gasteiger partial charge >= 0.3 is 0 Å². The summed E-state index contributed by atoms with van der Waals surface area (Å²) in [6, 6.07) is 2.07. The molecule has 0 aromatic carbocycles. The zero-order valence-electron chi connectivity index (χ0n) is 11.2. The number of thiazole rings is 1. The Bertz CT molecular complexity index is 481. The zero-order valence-corrected chi connectivity index (χ0v) is 12.0. The lowest BCUT2D eigenvalue weighted by Crippen LogP contribution is -2.17. The molecule has 0 fully saturated rings. The lowest BCUT2D eigenvalue weighted by molar-refractivity contribution is 0.591. The summed E-state index contributed by atoms with van der Waals surface area (Å²) in [5.41, 5.74) is 2.35. The van der Waals surface area contributed by atoms with E-state index in [0.717, 1.165) is 36.8 Å². The van der Waals surface area contributed by atoms with Crippen LogP contribution >= 0.6 is 11.3 Å². The molecular weight excluding hydrogens is 244 g/mol. The molecule has 2 rings (SSSR count). The SMILES string of the molecule is CCCNCc1ccnn1Cc1nc(C)c(C)s1.